The van der Waals surface area contributed by atoms with Crippen molar-refractivity contribution in [1.82, 2.24) is 4.90 Å². The van der Waals surface area contributed by atoms with E-state index in [1.165, 1.54) is 24.3 Å². The lowest BCUT2D eigenvalue weighted by molar-refractivity contribution is -0.127. The number of rotatable bonds is 7. The van der Waals surface area contributed by atoms with Crippen LogP contribution in [-0.2, 0) is 19.7 Å². The summed E-state index contributed by atoms with van der Waals surface area (Å²) in [4.78, 5) is 38.5. The second kappa shape index (κ2) is 10.5. The van der Waals surface area contributed by atoms with Crippen molar-refractivity contribution in [3.63, 3.8) is 0 Å². The second-order valence-electron chi connectivity index (χ2n) is 7.21. The van der Waals surface area contributed by atoms with Crippen molar-refractivity contribution in [2.45, 2.75) is 4.90 Å². The number of thioether (sulfide) groups is 1. The molecule has 1 saturated heterocycles. The maximum Gasteiger partial charge on any atom is 0.339 e. The summed E-state index contributed by atoms with van der Waals surface area (Å²) in [6, 6.07) is 20.9. The monoisotopic (exact) mass is 572 g/mol. The van der Waals surface area contributed by atoms with Gasteiger partial charge in [-0.05, 0) is 60.3 Å². The molecule has 1 aliphatic rings. The number of halogens is 1. The van der Waals surface area contributed by atoms with Crippen molar-refractivity contribution in [3.05, 3.63) is 93.8 Å². The number of amides is 3. The Morgan fingerprint density at radius 1 is 1.00 bits per heavy atom. The summed E-state index contributed by atoms with van der Waals surface area (Å²) in [5, 5.41) is 2.01. The molecule has 0 aliphatic carbocycles. The zero-order valence-corrected chi connectivity index (χ0v) is 21.1. The normalized spacial score (nSPS) is 14.9. The molecule has 0 spiro atoms. The number of nitrogens with one attached hydrogen (secondary N) is 1. The molecular weight excluding hydrogens is 556 g/mol. The molecule has 0 unspecified atom stereocenters. The zero-order valence-electron chi connectivity index (χ0n) is 17.9. The molecule has 1 heterocycles. The van der Waals surface area contributed by atoms with E-state index in [0.29, 0.717) is 21.9 Å². The van der Waals surface area contributed by atoms with E-state index in [2.05, 4.69) is 21.2 Å². The van der Waals surface area contributed by atoms with Crippen molar-refractivity contribution >= 4 is 66.6 Å². The molecule has 8 nitrogen and oxygen atoms in total. The molecule has 4 rings (SSSR count). The molecule has 0 aromatic heterocycles. The lowest BCUT2D eigenvalue weighted by atomic mass is 10.2. The second-order valence-corrected chi connectivity index (χ2v) is 10.7. The molecule has 1 N–H and O–H groups in total. The number of hydrogen-bond acceptors (Lipinski definition) is 7. The van der Waals surface area contributed by atoms with Gasteiger partial charge in [0.2, 0.25) is 5.91 Å². The first-order valence-corrected chi connectivity index (χ1v) is 13.1. The number of nitrogens with zero attached hydrogens (tertiary/aromatic N) is 1. The number of carbonyl (C=O) groups excluding carboxylic acids is 3. The van der Waals surface area contributed by atoms with E-state index in [1.807, 2.05) is 0 Å². The Bertz CT molecular complexity index is 1430. The van der Waals surface area contributed by atoms with E-state index in [9.17, 15) is 22.8 Å². The van der Waals surface area contributed by atoms with E-state index >= 15 is 0 Å². The molecule has 35 heavy (non-hydrogen) atoms. The van der Waals surface area contributed by atoms with Crippen LogP contribution in [0.15, 0.2) is 93.1 Å². The van der Waals surface area contributed by atoms with E-state index in [-0.39, 0.29) is 21.1 Å². The van der Waals surface area contributed by atoms with Crippen molar-refractivity contribution in [2.24, 2.45) is 0 Å². The first kappa shape index (κ1) is 24.7. The van der Waals surface area contributed by atoms with Gasteiger partial charge in [-0.25, -0.2) is 0 Å². The van der Waals surface area contributed by atoms with Crippen molar-refractivity contribution in [2.75, 3.05) is 11.9 Å². The largest absolute Gasteiger partial charge is 0.378 e. The summed E-state index contributed by atoms with van der Waals surface area (Å²) in [6.07, 6.45) is 1.36. The molecule has 0 radical (unpaired) electrons. The Hall–Kier alpha value is -3.41. The maximum atomic E-state index is 12.9. The minimum atomic E-state index is -4.13. The lowest BCUT2D eigenvalue weighted by Gasteiger charge is -2.12. The van der Waals surface area contributed by atoms with E-state index < -0.39 is 33.7 Å². The Balaban J connectivity index is 1.55. The molecule has 1 aliphatic heterocycles. The van der Waals surface area contributed by atoms with Gasteiger partial charge in [-0.15, -0.1) is 0 Å². The molecule has 0 atom stereocenters. The molecule has 11 heteroatoms. The van der Waals surface area contributed by atoms with Crippen LogP contribution in [0.5, 0.6) is 5.75 Å². The highest BCUT2D eigenvalue weighted by atomic mass is 79.9. The molecule has 3 aromatic carbocycles. The predicted molar refractivity (Wildman–Crippen MR) is 136 cm³/mol. The minimum Gasteiger partial charge on any atom is -0.378 e. The summed E-state index contributed by atoms with van der Waals surface area (Å²) in [5.74, 6) is -1.22. The number of imide groups is 1. The zero-order chi connectivity index (χ0) is 25.0. The van der Waals surface area contributed by atoms with Gasteiger partial charge in [-0.1, -0.05) is 52.3 Å². The summed E-state index contributed by atoms with van der Waals surface area (Å²) in [7, 11) is -4.13. The Labute approximate surface area is 214 Å². The molecule has 3 amide bonds. The summed E-state index contributed by atoms with van der Waals surface area (Å²) in [5.41, 5.74) is 0.800. The first-order chi connectivity index (χ1) is 16.7. The van der Waals surface area contributed by atoms with Gasteiger partial charge < -0.3 is 9.50 Å². The fourth-order valence-corrected chi connectivity index (χ4v) is 5.29. The van der Waals surface area contributed by atoms with Crippen LogP contribution in [0, 0.1) is 0 Å². The Morgan fingerprint density at radius 2 is 1.66 bits per heavy atom. The predicted octanol–water partition coefficient (Wildman–Crippen LogP) is 4.89. The van der Waals surface area contributed by atoms with Crippen molar-refractivity contribution < 1.29 is 27.0 Å². The smallest absolute Gasteiger partial charge is 0.339 e. The van der Waals surface area contributed by atoms with Crippen LogP contribution < -0.4 is 9.50 Å². The van der Waals surface area contributed by atoms with Crippen molar-refractivity contribution in [1.29, 1.82) is 0 Å². The number of hydrogen-bond donors (Lipinski definition) is 1. The van der Waals surface area contributed by atoms with Crippen LogP contribution in [0.25, 0.3) is 6.08 Å². The summed E-state index contributed by atoms with van der Waals surface area (Å²) < 4.78 is 31.3. The molecule has 1 fully saturated rings. The van der Waals surface area contributed by atoms with Crippen LogP contribution >= 0.6 is 27.7 Å². The average molecular weight is 573 g/mol. The molecular formula is C24H17BrN2O6S2. The van der Waals surface area contributed by atoms with Crippen LogP contribution in [0.4, 0.5) is 10.5 Å². The topological polar surface area (TPSA) is 110 Å². The summed E-state index contributed by atoms with van der Waals surface area (Å²) in [6.45, 7) is -0.457. The molecule has 178 valence electrons. The standard InChI is InChI=1S/C24H17BrN2O6S2/c25-17-11-12-20(33-35(31,32)19-9-5-2-6-10-19)16(13-17)14-21-23(29)27(24(30)34-21)15-22(28)26-18-7-3-1-4-8-18/h1-14H,15H2,(H,26,28)/b21-14-. The van der Waals surface area contributed by atoms with Gasteiger partial charge in [0.1, 0.15) is 17.2 Å². The third kappa shape index (κ3) is 5.99. The average Bonchev–Trinajstić information content (AvgIpc) is 3.09. The van der Waals surface area contributed by atoms with Crippen LogP contribution in [0.3, 0.4) is 0 Å². The van der Waals surface area contributed by atoms with Crippen LogP contribution in [0.2, 0.25) is 0 Å². The SMILES string of the molecule is O=C(CN1C(=O)S/C(=C\c2cc(Br)ccc2OS(=O)(=O)c2ccccc2)C1=O)Nc1ccccc1. The highest BCUT2D eigenvalue weighted by molar-refractivity contribution is 9.10. The fourth-order valence-electron chi connectivity index (χ4n) is 3.10. The third-order valence-corrected chi connectivity index (χ3v) is 7.37. The minimum absolute atomic E-state index is 0.0225. The van der Waals surface area contributed by atoms with Gasteiger partial charge >= 0.3 is 10.1 Å². The number of para-hydroxylation sites is 1. The van der Waals surface area contributed by atoms with Gasteiger partial charge in [0.05, 0.1) is 4.91 Å². The molecule has 0 bridgehead atoms. The highest BCUT2D eigenvalue weighted by Crippen LogP contribution is 2.35. The van der Waals surface area contributed by atoms with Gasteiger partial charge in [0, 0.05) is 15.7 Å². The van der Waals surface area contributed by atoms with Gasteiger partial charge in [0.15, 0.2) is 0 Å². The number of benzene rings is 3. The molecule has 0 saturated carbocycles. The van der Waals surface area contributed by atoms with Crippen LogP contribution in [-0.4, -0.2) is 36.9 Å². The van der Waals surface area contributed by atoms with Gasteiger partial charge in [-0.3, -0.25) is 19.3 Å². The quantitative estimate of drug-likeness (QED) is 0.317. The third-order valence-electron chi connectivity index (χ3n) is 4.72. The van der Waals surface area contributed by atoms with E-state index in [1.54, 1.807) is 60.7 Å². The Morgan fingerprint density at radius 3 is 2.34 bits per heavy atom. The number of carbonyl (C=O) groups is 3. The van der Waals surface area contributed by atoms with Crippen LogP contribution in [0.1, 0.15) is 5.56 Å². The van der Waals surface area contributed by atoms with Gasteiger partial charge in [0.25, 0.3) is 11.1 Å². The van der Waals surface area contributed by atoms with E-state index in [4.69, 9.17) is 4.18 Å². The Kier molecular flexibility index (Phi) is 7.39. The molecule has 3 aromatic rings. The van der Waals surface area contributed by atoms with Gasteiger partial charge in [-0.2, -0.15) is 8.42 Å². The van der Waals surface area contributed by atoms with Crippen molar-refractivity contribution in [3.8, 4) is 5.75 Å². The lowest BCUT2D eigenvalue weighted by Crippen LogP contribution is -2.36. The van der Waals surface area contributed by atoms with E-state index in [0.717, 1.165) is 4.90 Å². The highest BCUT2D eigenvalue weighted by Gasteiger charge is 2.36. The number of anilines is 1. The first-order valence-electron chi connectivity index (χ1n) is 10.1. The fraction of sp³-hybridized carbons (Fsp3) is 0.0417. The maximum absolute atomic E-state index is 12.9. The summed E-state index contributed by atoms with van der Waals surface area (Å²) >= 11 is 3.97.